The average molecular weight is 547 g/mol. The van der Waals surface area contributed by atoms with E-state index in [-0.39, 0.29) is 27.2 Å². The number of hydrogen-bond acceptors (Lipinski definition) is 5. The zero-order chi connectivity index (χ0) is 24.5. The van der Waals surface area contributed by atoms with Crippen LogP contribution < -0.4 is 10.0 Å². The number of amides is 1. The number of para-hydroxylation sites is 1. The van der Waals surface area contributed by atoms with Gasteiger partial charge in [0.05, 0.1) is 22.8 Å². The Labute approximate surface area is 202 Å². The van der Waals surface area contributed by atoms with Crippen molar-refractivity contribution in [2.45, 2.75) is 17.9 Å². The predicted molar refractivity (Wildman–Crippen MR) is 127 cm³/mol. The van der Waals surface area contributed by atoms with Crippen molar-refractivity contribution in [2.75, 3.05) is 4.72 Å². The number of nitrogens with one attached hydrogen (secondary N) is 2. The van der Waals surface area contributed by atoms with Gasteiger partial charge >= 0.3 is 0 Å². The fourth-order valence-corrected chi connectivity index (χ4v) is 4.99. The quantitative estimate of drug-likeness (QED) is 0.356. The third kappa shape index (κ3) is 4.90. The van der Waals surface area contributed by atoms with Gasteiger partial charge in [0.15, 0.2) is 0 Å². The van der Waals surface area contributed by atoms with Crippen LogP contribution in [0.3, 0.4) is 0 Å². The number of carbonyl (C=O) groups excluding carboxylic acids is 1. The van der Waals surface area contributed by atoms with Gasteiger partial charge in [0, 0.05) is 28.5 Å². The summed E-state index contributed by atoms with van der Waals surface area (Å²) in [4.78, 5) is 21.1. The molecule has 174 valence electrons. The number of rotatable bonds is 6. The number of sulfonamides is 1. The standard InChI is InChI=1S/C23H17BrF2N4O3S/c1-13(16-8-6-15(25)12-18(16)26)29-23(31)17-7-5-14(24)11-20(17)30-34(32,33)21-4-2-3-19-22(21)28-10-9-27-19/h2-13,30H,1H3,(H,29,31)/t13-/m1/s1. The van der Waals surface area contributed by atoms with E-state index in [9.17, 15) is 22.0 Å². The summed E-state index contributed by atoms with van der Waals surface area (Å²) in [6.45, 7) is 1.53. The minimum Gasteiger partial charge on any atom is -0.345 e. The molecule has 34 heavy (non-hydrogen) atoms. The SMILES string of the molecule is C[C@@H](NC(=O)c1ccc(Br)cc1NS(=O)(=O)c1cccc2nccnc12)c1ccc(F)cc1F. The largest absolute Gasteiger partial charge is 0.345 e. The Hall–Kier alpha value is -3.44. The van der Waals surface area contributed by atoms with Gasteiger partial charge in [0.2, 0.25) is 0 Å². The molecule has 0 bridgehead atoms. The summed E-state index contributed by atoms with van der Waals surface area (Å²) in [5.74, 6) is -2.19. The molecule has 0 spiro atoms. The summed E-state index contributed by atoms with van der Waals surface area (Å²) in [7, 11) is -4.16. The molecular formula is C23H17BrF2N4O3S. The lowest BCUT2D eigenvalue weighted by Crippen LogP contribution is -2.28. The highest BCUT2D eigenvalue weighted by atomic mass is 79.9. The van der Waals surface area contributed by atoms with Gasteiger partial charge in [-0.15, -0.1) is 0 Å². The van der Waals surface area contributed by atoms with Gasteiger partial charge in [0.25, 0.3) is 15.9 Å². The van der Waals surface area contributed by atoms with Crippen molar-refractivity contribution in [1.82, 2.24) is 15.3 Å². The summed E-state index contributed by atoms with van der Waals surface area (Å²) in [5, 5.41) is 2.61. The van der Waals surface area contributed by atoms with Crippen molar-refractivity contribution >= 4 is 48.6 Å². The zero-order valence-electron chi connectivity index (χ0n) is 17.6. The third-order valence-corrected chi connectivity index (χ3v) is 6.89. The molecule has 3 aromatic carbocycles. The van der Waals surface area contributed by atoms with Crippen molar-refractivity contribution < 1.29 is 22.0 Å². The van der Waals surface area contributed by atoms with E-state index in [0.29, 0.717) is 9.99 Å². The van der Waals surface area contributed by atoms with E-state index >= 15 is 0 Å². The maximum atomic E-state index is 14.1. The lowest BCUT2D eigenvalue weighted by atomic mass is 10.1. The Bertz CT molecular complexity index is 1510. The third-order valence-electron chi connectivity index (χ3n) is 5.00. The fraction of sp³-hybridized carbons (Fsp3) is 0.0870. The van der Waals surface area contributed by atoms with E-state index in [2.05, 4.69) is 35.9 Å². The Morgan fingerprint density at radius 3 is 2.56 bits per heavy atom. The molecule has 0 unspecified atom stereocenters. The predicted octanol–water partition coefficient (Wildman–Crippen LogP) is 4.96. The topological polar surface area (TPSA) is 101 Å². The van der Waals surface area contributed by atoms with E-state index < -0.39 is 33.6 Å². The van der Waals surface area contributed by atoms with Crippen molar-refractivity contribution in [3.05, 3.63) is 94.2 Å². The number of anilines is 1. The molecule has 11 heteroatoms. The van der Waals surface area contributed by atoms with Crippen LogP contribution in [0.5, 0.6) is 0 Å². The van der Waals surface area contributed by atoms with Crippen molar-refractivity contribution in [3.63, 3.8) is 0 Å². The number of nitrogens with zero attached hydrogens (tertiary/aromatic N) is 2. The first-order valence-corrected chi connectivity index (χ1v) is 12.2. The minimum absolute atomic E-state index is 0.000420. The van der Waals surface area contributed by atoms with Gasteiger partial charge < -0.3 is 5.32 Å². The molecule has 1 heterocycles. The smallest absolute Gasteiger partial charge is 0.264 e. The van der Waals surface area contributed by atoms with Gasteiger partial charge in [0.1, 0.15) is 22.0 Å². The van der Waals surface area contributed by atoms with Crippen LogP contribution in [0.1, 0.15) is 28.9 Å². The molecule has 0 fully saturated rings. The summed E-state index contributed by atoms with van der Waals surface area (Å²) in [5.41, 5.74) is 0.668. The van der Waals surface area contributed by atoms with E-state index in [1.54, 1.807) is 18.2 Å². The summed E-state index contributed by atoms with van der Waals surface area (Å²) >= 11 is 3.28. The van der Waals surface area contributed by atoms with Gasteiger partial charge in [-0.05, 0) is 43.3 Å². The van der Waals surface area contributed by atoms with Gasteiger partial charge in [-0.25, -0.2) is 17.2 Å². The molecule has 0 aliphatic heterocycles. The van der Waals surface area contributed by atoms with Crippen molar-refractivity contribution in [3.8, 4) is 0 Å². The number of benzene rings is 3. The van der Waals surface area contributed by atoms with Crippen LogP contribution >= 0.6 is 15.9 Å². The van der Waals surface area contributed by atoms with Gasteiger partial charge in [-0.1, -0.05) is 28.1 Å². The molecule has 4 rings (SSSR count). The minimum atomic E-state index is -4.16. The lowest BCUT2D eigenvalue weighted by molar-refractivity contribution is 0.0940. The van der Waals surface area contributed by atoms with E-state index in [1.807, 2.05) is 0 Å². The Kier molecular flexibility index (Phi) is 6.58. The maximum absolute atomic E-state index is 14.1. The molecule has 1 aromatic heterocycles. The first-order valence-electron chi connectivity index (χ1n) is 9.93. The fourth-order valence-electron chi connectivity index (χ4n) is 3.39. The highest BCUT2D eigenvalue weighted by molar-refractivity contribution is 9.10. The Morgan fingerprint density at radius 1 is 1.03 bits per heavy atom. The molecule has 0 saturated carbocycles. The average Bonchev–Trinajstić information content (AvgIpc) is 2.78. The Morgan fingerprint density at radius 2 is 1.79 bits per heavy atom. The summed E-state index contributed by atoms with van der Waals surface area (Å²) in [6, 6.07) is 11.2. The molecule has 4 aromatic rings. The van der Waals surface area contributed by atoms with Crippen molar-refractivity contribution in [2.24, 2.45) is 0 Å². The van der Waals surface area contributed by atoms with Crippen LogP contribution in [-0.2, 0) is 10.0 Å². The number of hydrogen-bond donors (Lipinski definition) is 2. The zero-order valence-corrected chi connectivity index (χ0v) is 20.0. The Balaban J connectivity index is 1.66. The monoisotopic (exact) mass is 546 g/mol. The highest BCUT2D eigenvalue weighted by Gasteiger charge is 2.23. The molecule has 2 N–H and O–H groups in total. The molecule has 1 amide bonds. The molecule has 1 atom stereocenters. The van der Waals surface area contributed by atoms with Gasteiger partial charge in [-0.3, -0.25) is 19.5 Å². The van der Waals surface area contributed by atoms with E-state index in [1.165, 1.54) is 43.6 Å². The van der Waals surface area contributed by atoms with E-state index in [4.69, 9.17) is 0 Å². The second-order valence-corrected chi connectivity index (χ2v) is 9.90. The van der Waals surface area contributed by atoms with Crippen LogP contribution in [-0.4, -0.2) is 24.3 Å². The summed E-state index contributed by atoms with van der Waals surface area (Å²) < 4.78 is 56.7. The second-order valence-electron chi connectivity index (χ2n) is 7.34. The second kappa shape index (κ2) is 9.43. The van der Waals surface area contributed by atoms with Crippen LogP contribution in [0.4, 0.5) is 14.5 Å². The first-order chi connectivity index (χ1) is 16.2. The van der Waals surface area contributed by atoms with Gasteiger partial charge in [-0.2, -0.15) is 0 Å². The molecule has 0 aliphatic rings. The number of halogens is 3. The number of fused-ring (bicyclic) bond motifs is 1. The van der Waals surface area contributed by atoms with Crippen LogP contribution in [0.15, 0.2) is 76.4 Å². The number of carbonyl (C=O) groups is 1. The summed E-state index contributed by atoms with van der Waals surface area (Å²) in [6.07, 6.45) is 2.84. The normalized spacial score (nSPS) is 12.4. The van der Waals surface area contributed by atoms with E-state index in [0.717, 1.165) is 12.1 Å². The first kappa shape index (κ1) is 23.7. The van der Waals surface area contributed by atoms with Crippen LogP contribution in [0.2, 0.25) is 0 Å². The van der Waals surface area contributed by atoms with Crippen LogP contribution in [0, 0.1) is 11.6 Å². The molecular weight excluding hydrogens is 530 g/mol. The molecule has 0 aliphatic carbocycles. The maximum Gasteiger partial charge on any atom is 0.264 e. The van der Waals surface area contributed by atoms with Crippen molar-refractivity contribution in [1.29, 1.82) is 0 Å². The lowest BCUT2D eigenvalue weighted by Gasteiger charge is -2.18. The molecule has 0 saturated heterocycles. The highest BCUT2D eigenvalue weighted by Crippen LogP contribution is 2.27. The van der Waals surface area contributed by atoms with Crippen LogP contribution in [0.25, 0.3) is 11.0 Å². The molecule has 7 nitrogen and oxygen atoms in total. The number of aromatic nitrogens is 2. The molecule has 0 radical (unpaired) electrons.